The summed E-state index contributed by atoms with van der Waals surface area (Å²) >= 11 is 0. The maximum Gasteiger partial charge on any atom is 0.239 e. The second kappa shape index (κ2) is 7.63. The van der Waals surface area contributed by atoms with E-state index in [1.165, 1.54) is 0 Å². The second-order valence-corrected chi connectivity index (χ2v) is 4.33. The Morgan fingerprint density at radius 1 is 1.41 bits per heavy atom. The molecule has 1 fully saturated rings. The molecule has 1 N–H and O–H groups in total. The molecular formula is C12H24N2O3. The SMILES string of the molecule is CCOC(C)CNC(C)C(=O)N1CCOCC1. The fraction of sp³-hybridized carbons (Fsp3) is 0.917. The summed E-state index contributed by atoms with van der Waals surface area (Å²) in [5.41, 5.74) is 0. The summed E-state index contributed by atoms with van der Waals surface area (Å²) in [6, 6.07) is -0.156. The molecule has 0 spiro atoms. The van der Waals surface area contributed by atoms with Gasteiger partial charge in [0.05, 0.1) is 25.4 Å². The summed E-state index contributed by atoms with van der Waals surface area (Å²) in [6.07, 6.45) is 0.139. The zero-order chi connectivity index (χ0) is 12.7. The maximum absolute atomic E-state index is 12.0. The minimum atomic E-state index is -0.156. The normalized spacial score (nSPS) is 20.1. The summed E-state index contributed by atoms with van der Waals surface area (Å²) in [5.74, 6) is 0.150. The van der Waals surface area contributed by atoms with Crippen LogP contribution in [0.1, 0.15) is 20.8 Å². The molecule has 0 aromatic carbocycles. The highest BCUT2D eigenvalue weighted by Gasteiger charge is 2.22. The van der Waals surface area contributed by atoms with Crippen LogP contribution < -0.4 is 5.32 Å². The highest BCUT2D eigenvalue weighted by atomic mass is 16.5. The van der Waals surface area contributed by atoms with Crippen molar-refractivity contribution in [3.63, 3.8) is 0 Å². The van der Waals surface area contributed by atoms with Crippen LogP contribution in [-0.2, 0) is 14.3 Å². The van der Waals surface area contributed by atoms with Gasteiger partial charge in [0.25, 0.3) is 0 Å². The third-order valence-corrected chi connectivity index (χ3v) is 2.86. The van der Waals surface area contributed by atoms with E-state index in [1.807, 2.05) is 25.7 Å². The van der Waals surface area contributed by atoms with E-state index in [2.05, 4.69) is 5.32 Å². The second-order valence-electron chi connectivity index (χ2n) is 4.33. The number of hydrogen-bond acceptors (Lipinski definition) is 4. The predicted octanol–water partition coefficient (Wildman–Crippen LogP) is 0.248. The van der Waals surface area contributed by atoms with Gasteiger partial charge in [0, 0.05) is 26.2 Å². The number of ether oxygens (including phenoxy) is 2. The lowest BCUT2D eigenvalue weighted by Gasteiger charge is -2.29. The summed E-state index contributed by atoms with van der Waals surface area (Å²) in [4.78, 5) is 13.9. The maximum atomic E-state index is 12.0. The van der Waals surface area contributed by atoms with E-state index in [1.54, 1.807) is 0 Å². The average Bonchev–Trinajstić information content (AvgIpc) is 2.36. The van der Waals surface area contributed by atoms with Gasteiger partial charge in [-0.2, -0.15) is 0 Å². The Bertz CT molecular complexity index is 230. The molecule has 1 aliphatic rings. The minimum Gasteiger partial charge on any atom is -0.378 e. The van der Waals surface area contributed by atoms with Gasteiger partial charge in [-0.05, 0) is 20.8 Å². The number of amides is 1. The quantitative estimate of drug-likeness (QED) is 0.727. The van der Waals surface area contributed by atoms with Crippen LogP contribution in [0.15, 0.2) is 0 Å². The van der Waals surface area contributed by atoms with Gasteiger partial charge >= 0.3 is 0 Å². The third-order valence-electron chi connectivity index (χ3n) is 2.86. The van der Waals surface area contributed by atoms with Crippen molar-refractivity contribution < 1.29 is 14.3 Å². The summed E-state index contributed by atoms with van der Waals surface area (Å²) in [5, 5.41) is 3.21. The van der Waals surface area contributed by atoms with Crippen molar-refractivity contribution >= 4 is 5.91 Å². The minimum absolute atomic E-state index is 0.139. The fourth-order valence-corrected chi connectivity index (χ4v) is 1.83. The smallest absolute Gasteiger partial charge is 0.239 e. The molecule has 1 aliphatic heterocycles. The van der Waals surface area contributed by atoms with Gasteiger partial charge < -0.3 is 19.7 Å². The number of carbonyl (C=O) groups excluding carboxylic acids is 1. The Hall–Kier alpha value is -0.650. The first-order valence-corrected chi connectivity index (χ1v) is 6.36. The van der Waals surface area contributed by atoms with Gasteiger partial charge in [0.15, 0.2) is 0 Å². The van der Waals surface area contributed by atoms with Crippen LogP contribution in [0.25, 0.3) is 0 Å². The number of carbonyl (C=O) groups is 1. The van der Waals surface area contributed by atoms with Crippen molar-refractivity contribution in [1.82, 2.24) is 10.2 Å². The van der Waals surface area contributed by atoms with Crippen molar-refractivity contribution in [2.75, 3.05) is 39.5 Å². The Morgan fingerprint density at radius 2 is 2.06 bits per heavy atom. The molecule has 100 valence electrons. The zero-order valence-electron chi connectivity index (χ0n) is 11.1. The number of nitrogens with zero attached hydrogens (tertiary/aromatic N) is 1. The van der Waals surface area contributed by atoms with Crippen molar-refractivity contribution in [2.45, 2.75) is 32.9 Å². The van der Waals surface area contributed by atoms with E-state index in [9.17, 15) is 4.79 Å². The lowest BCUT2D eigenvalue weighted by Crippen LogP contribution is -2.50. The molecule has 0 aliphatic carbocycles. The molecule has 0 aromatic rings. The van der Waals surface area contributed by atoms with Crippen LogP contribution in [0.4, 0.5) is 0 Å². The molecule has 5 heteroatoms. The molecule has 0 bridgehead atoms. The number of nitrogens with one attached hydrogen (secondary N) is 1. The van der Waals surface area contributed by atoms with E-state index >= 15 is 0 Å². The Kier molecular flexibility index (Phi) is 6.47. The van der Waals surface area contributed by atoms with E-state index < -0.39 is 0 Å². The molecule has 1 heterocycles. The fourth-order valence-electron chi connectivity index (χ4n) is 1.83. The molecule has 1 rings (SSSR count). The van der Waals surface area contributed by atoms with Crippen molar-refractivity contribution in [2.24, 2.45) is 0 Å². The highest BCUT2D eigenvalue weighted by molar-refractivity contribution is 5.81. The summed E-state index contributed by atoms with van der Waals surface area (Å²) in [6.45, 7) is 9.97. The first-order chi connectivity index (χ1) is 8.15. The molecule has 17 heavy (non-hydrogen) atoms. The Labute approximate surface area is 103 Å². The molecule has 2 atom stereocenters. The van der Waals surface area contributed by atoms with Gasteiger partial charge in [0.1, 0.15) is 0 Å². The van der Waals surface area contributed by atoms with Crippen molar-refractivity contribution in [3.8, 4) is 0 Å². The zero-order valence-corrected chi connectivity index (χ0v) is 11.1. The molecule has 0 saturated carbocycles. The molecule has 0 aromatic heterocycles. The van der Waals surface area contributed by atoms with E-state index in [0.717, 1.165) is 0 Å². The number of rotatable bonds is 6. The molecule has 5 nitrogen and oxygen atoms in total. The Balaban J connectivity index is 2.25. The third kappa shape index (κ3) is 5.02. The summed E-state index contributed by atoms with van der Waals surface area (Å²) < 4.78 is 10.6. The van der Waals surface area contributed by atoms with Crippen LogP contribution in [0.5, 0.6) is 0 Å². The first kappa shape index (κ1) is 14.4. The van der Waals surface area contributed by atoms with Gasteiger partial charge in [-0.25, -0.2) is 0 Å². The van der Waals surface area contributed by atoms with Crippen molar-refractivity contribution in [3.05, 3.63) is 0 Å². The largest absolute Gasteiger partial charge is 0.378 e. The molecule has 1 saturated heterocycles. The predicted molar refractivity (Wildman–Crippen MR) is 66.0 cm³/mol. The molecular weight excluding hydrogens is 220 g/mol. The average molecular weight is 244 g/mol. The van der Waals surface area contributed by atoms with Crippen LogP contribution in [0.3, 0.4) is 0 Å². The van der Waals surface area contributed by atoms with Crippen LogP contribution >= 0.6 is 0 Å². The first-order valence-electron chi connectivity index (χ1n) is 6.36. The molecule has 1 amide bonds. The van der Waals surface area contributed by atoms with Gasteiger partial charge in [-0.15, -0.1) is 0 Å². The van der Waals surface area contributed by atoms with E-state index in [0.29, 0.717) is 39.5 Å². The lowest BCUT2D eigenvalue weighted by atomic mass is 10.2. The molecule has 0 radical (unpaired) electrons. The highest BCUT2D eigenvalue weighted by Crippen LogP contribution is 2.01. The van der Waals surface area contributed by atoms with E-state index in [-0.39, 0.29) is 18.1 Å². The topological polar surface area (TPSA) is 50.8 Å². The van der Waals surface area contributed by atoms with Gasteiger partial charge in [-0.3, -0.25) is 4.79 Å². The number of hydrogen-bond donors (Lipinski definition) is 1. The number of morpholine rings is 1. The monoisotopic (exact) mass is 244 g/mol. The van der Waals surface area contributed by atoms with Gasteiger partial charge in [-0.1, -0.05) is 0 Å². The van der Waals surface area contributed by atoms with E-state index in [4.69, 9.17) is 9.47 Å². The lowest BCUT2D eigenvalue weighted by molar-refractivity contribution is -0.137. The Morgan fingerprint density at radius 3 is 2.65 bits per heavy atom. The van der Waals surface area contributed by atoms with Crippen LogP contribution in [-0.4, -0.2) is 62.4 Å². The van der Waals surface area contributed by atoms with Gasteiger partial charge in [0.2, 0.25) is 5.91 Å². The van der Waals surface area contributed by atoms with Crippen LogP contribution in [0, 0.1) is 0 Å². The van der Waals surface area contributed by atoms with Crippen molar-refractivity contribution in [1.29, 1.82) is 0 Å². The van der Waals surface area contributed by atoms with Crippen LogP contribution in [0.2, 0.25) is 0 Å². The molecule has 2 unspecified atom stereocenters. The summed E-state index contributed by atoms with van der Waals surface area (Å²) in [7, 11) is 0. The standard InChI is InChI=1S/C12H24N2O3/c1-4-17-10(2)9-13-11(3)12(15)14-5-7-16-8-6-14/h10-11,13H,4-9H2,1-3H3.